The topological polar surface area (TPSA) is 12.0 Å². The van der Waals surface area contributed by atoms with Crippen molar-refractivity contribution in [2.75, 3.05) is 12.4 Å². The zero-order chi connectivity index (χ0) is 8.43. The molecule has 0 aromatic heterocycles. The number of nitrogens with one attached hydrogen (secondary N) is 1. The van der Waals surface area contributed by atoms with Gasteiger partial charge in [-0.1, -0.05) is 0 Å². The SMILES string of the molecule is CNc1c(F)cc(I)cc1F.Cl. The summed E-state index contributed by atoms with van der Waals surface area (Å²) in [6.07, 6.45) is 0. The van der Waals surface area contributed by atoms with Crippen molar-refractivity contribution in [2.24, 2.45) is 0 Å². The van der Waals surface area contributed by atoms with Gasteiger partial charge in [0.1, 0.15) is 17.3 Å². The van der Waals surface area contributed by atoms with Crippen LogP contribution in [-0.2, 0) is 0 Å². The van der Waals surface area contributed by atoms with Gasteiger partial charge in [0.05, 0.1) is 0 Å². The van der Waals surface area contributed by atoms with E-state index >= 15 is 0 Å². The van der Waals surface area contributed by atoms with Gasteiger partial charge in [0.15, 0.2) is 0 Å². The van der Waals surface area contributed by atoms with Gasteiger partial charge in [-0.3, -0.25) is 0 Å². The van der Waals surface area contributed by atoms with Crippen LogP contribution >= 0.6 is 35.0 Å². The van der Waals surface area contributed by atoms with Crippen molar-refractivity contribution >= 4 is 40.7 Å². The van der Waals surface area contributed by atoms with Crippen molar-refractivity contribution in [1.29, 1.82) is 0 Å². The number of hydrogen-bond acceptors (Lipinski definition) is 1. The van der Waals surface area contributed by atoms with Crippen molar-refractivity contribution < 1.29 is 8.78 Å². The van der Waals surface area contributed by atoms with E-state index in [9.17, 15) is 8.78 Å². The van der Waals surface area contributed by atoms with Crippen LogP contribution < -0.4 is 5.32 Å². The fourth-order valence-electron chi connectivity index (χ4n) is 0.781. The molecule has 1 aromatic carbocycles. The fourth-order valence-corrected chi connectivity index (χ4v) is 1.33. The Bertz CT molecular complexity index is 257. The Balaban J connectivity index is 0.00000121. The minimum atomic E-state index is -0.558. The molecule has 0 unspecified atom stereocenters. The Morgan fingerprint density at radius 2 is 1.67 bits per heavy atom. The van der Waals surface area contributed by atoms with E-state index in [2.05, 4.69) is 5.32 Å². The average molecular weight is 305 g/mol. The molecule has 0 amide bonds. The van der Waals surface area contributed by atoms with Crippen LogP contribution in [-0.4, -0.2) is 7.05 Å². The first kappa shape index (κ1) is 11.9. The first-order chi connectivity index (χ1) is 5.15. The molecule has 5 heteroatoms. The number of halogens is 4. The van der Waals surface area contributed by atoms with Crippen molar-refractivity contribution in [3.05, 3.63) is 27.3 Å². The Labute approximate surface area is 89.1 Å². The highest BCUT2D eigenvalue weighted by Gasteiger charge is 2.07. The van der Waals surface area contributed by atoms with E-state index in [4.69, 9.17) is 0 Å². The summed E-state index contributed by atoms with van der Waals surface area (Å²) in [7, 11) is 1.48. The Kier molecular flexibility index (Phi) is 4.77. The molecule has 0 spiro atoms. The average Bonchev–Trinajstić information content (AvgIpc) is 1.85. The van der Waals surface area contributed by atoms with Crippen LogP contribution in [0.5, 0.6) is 0 Å². The Hall–Kier alpha value is -0.100. The molecule has 0 saturated carbocycles. The summed E-state index contributed by atoms with van der Waals surface area (Å²) >= 11 is 1.86. The van der Waals surface area contributed by atoms with Gasteiger partial charge in [-0.25, -0.2) is 8.78 Å². The number of hydrogen-bond donors (Lipinski definition) is 1. The molecule has 0 aliphatic rings. The smallest absolute Gasteiger partial charge is 0.150 e. The summed E-state index contributed by atoms with van der Waals surface area (Å²) in [5.41, 5.74) is -0.0783. The zero-order valence-corrected chi connectivity index (χ0v) is 9.17. The van der Waals surface area contributed by atoms with E-state index in [1.165, 1.54) is 19.2 Å². The normalized spacial score (nSPS) is 9.00. The van der Waals surface area contributed by atoms with Crippen molar-refractivity contribution in [1.82, 2.24) is 0 Å². The van der Waals surface area contributed by atoms with Crippen LogP contribution in [0.2, 0.25) is 0 Å². The van der Waals surface area contributed by atoms with Crippen molar-refractivity contribution in [2.45, 2.75) is 0 Å². The minimum absolute atomic E-state index is 0. The summed E-state index contributed by atoms with van der Waals surface area (Å²) in [5, 5.41) is 2.44. The second-order valence-corrected chi connectivity index (χ2v) is 3.24. The molecule has 68 valence electrons. The molecule has 0 fully saturated rings. The lowest BCUT2D eigenvalue weighted by Crippen LogP contribution is -1.96. The third-order valence-corrected chi connectivity index (χ3v) is 1.88. The van der Waals surface area contributed by atoms with Gasteiger partial charge < -0.3 is 5.32 Å². The van der Waals surface area contributed by atoms with E-state index in [1.807, 2.05) is 22.6 Å². The second-order valence-electron chi connectivity index (χ2n) is 1.99. The number of rotatable bonds is 1. The molecule has 1 aromatic rings. The van der Waals surface area contributed by atoms with Crippen LogP contribution in [0.25, 0.3) is 0 Å². The summed E-state index contributed by atoms with van der Waals surface area (Å²) in [5.74, 6) is -1.12. The molecule has 0 atom stereocenters. The van der Waals surface area contributed by atoms with Crippen LogP contribution in [0.4, 0.5) is 14.5 Å². The third kappa shape index (κ3) is 2.45. The molecule has 1 N–H and O–H groups in total. The van der Waals surface area contributed by atoms with Gasteiger partial charge in [-0.2, -0.15) is 0 Å². The number of anilines is 1. The molecule has 0 aliphatic heterocycles. The summed E-state index contributed by atoms with van der Waals surface area (Å²) in [6.45, 7) is 0. The van der Waals surface area contributed by atoms with Crippen LogP contribution in [0.3, 0.4) is 0 Å². The predicted octanol–water partition coefficient (Wildman–Crippen LogP) is 3.03. The second kappa shape index (κ2) is 4.81. The maximum atomic E-state index is 12.8. The third-order valence-electron chi connectivity index (χ3n) is 1.26. The van der Waals surface area contributed by atoms with E-state index in [1.54, 1.807) is 0 Å². The lowest BCUT2D eigenvalue weighted by Gasteiger charge is -2.03. The molecular formula is C7H7ClF2IN. The molecule has 0 aliphatic carbocycles. The van der Waals surface area contributed by atoms with Gasteiger partial charge in [-0.05, 0) is 34.7 Å². The maximum Gasteiger partial charge on any atom is 0.150 e. The first-order valence-electron chi connectivity index (χ1n) is 2.97. The first-order valence-corrected chi connectivity index (χ1v) is 4.05. The summed E-state index contributed by atoms with van der Waals surface area (Å²) in [6, 6.07) is 2.55. The number of benzene rings is 1. The highest BCUT2D eigenvalue weighted by molar-refractivity contribution is 14.1. The lowest BCUT2D eigenvalue weighted by atomic mass is 10.3. The van der Waals surface area contributed by atoms with Crippen LogP contribution in [0.1, 0.15) is 0 Å². The van der Waals surface area contributed by atoms with Crippen LogP contribution in [0, 0.1) is 15.2 Å². The zero-order valence-electron chi connectivity index (χ0n) is 6.20. The Morgan fingerprint density at radius 1 is 1.25 bits per heavy atom. The van der Waals surface area contributed by atoms with E-state index in [-0.39, 0.29) is 18.1 Å². The van der Waals surface area contributed by atoms with Gasteiger partial charge in [0, 0.05) is 10.6 Å². The van der Waals surface area contributed by atoms with Gasteiger partial charge >= 0.3 is 0 Å². The van der Waals surface area contributed by atoms with Gasteiger partial charge in [0.25, 0.3) is 0 Å². The highest BCUT2D eigenvalue weighted by atomic mass is 127. The maximum absolute atomic E-state index is 12.8. The van der Waals surface area contributed by atoms with Crippen LogP contribution in [0.15, 0.2) is 12.1 Å². The molecule has 1 nitrogen and oxygen atoms in total. The van der Waals surface area contributed by atoms with Gasteiger partial charge in [0.2, 0.25) is 0 Å². The van der Waals surface area contributed by atoms with E-state index in [0.717, 1.165) is 0 Å². The highest BCUT2D eigenvalue weighted by Crippen LogP contribution is 2.20. The van der Waals surface area contributed by atoms with Crippen molar-refractivity contribution in [3.63, 3.8) is 0 Å². The molecule has 0 heterocycles. The van der Waals surface area contributed by atoms with E-state index < -0.39 is 11.6 Å². The molecule has 0 radical (unpaired) electrons. The van der Waals surface area contributed by atoms with Gasteiger partial charge in [-0.15, -0.1) is 12.4 Å². The lowest BCUT2D eigenvalue weighted by molar-refractivity contribution is 0.588. The van der Waals surface area contributed by atoms with Crippen molar-refractivity contribution in [3.8, 4) is 0 Å². The minimum Gasteiger partial charge on any atom is -0.383 e. The molecular weight excluding hydrogens is 298 g/mol. The summed E-state index contributed by atoms with van der Waals surface area (Å²) < 4.78 is 26.2. The molecule has 0 bridgehead atoms. The van der Waals surface area contributed by atoms with E-state index in [0.29, 0.717) is 3.57 Å². The monoisotopic (exact) mass is 305 g/mol. The fraction of sp³-hybridized carbons (Fsp3) is 0.143. The Morgan fingerprint density at radius 3 is 2.00 bits per heavy atom. The largest absolute Gasteiger partial charge is 0.383 e. The quantitative estimate of drug-likeness (QED) is 0.787. The molecule has 12 heavy (non-hydrogen) atoms. The molecule has 1 rings (SSSR count). The summed E-state index contributed by atoms with van der Waals surface area (Å²) in [4.78, 5) is 0. The predicted molar refractivity (Wildman–Crippen MR) is 55.9 cm³/mol. The molecule has 0 saturated heterocycles. The standard InChI is InChI=1S/C7H6F2IN.ClH/c1-11-7-5(8)2-4(10)3-6(7)9;/h2-3,11H,1H3;1H.